The number of allylic oxidation sites excluding steroid dienone is 4. The van der Waals surface area contributed by atoms with E-state index in [1.54, 1.807) is 20.1 Å². The number of aliphatic imine (C=N–C) groups is 1. The molecule has 0 spiro atoms. The average molecular weight is 461 g/mol. The van der Waals surface area contributed by atoms with Crippen molar-refractivity contribution < 1.29 is 9.13 Å². The van der Waals surface area contributed by atoms with Crippen LogP contribution in [-0.4, -0.2) is 19.5 Å². The maximum absolute atomic E-state index is 13.9. The van der Waals surface area contributed by atoms with Crippen molar-refractivity contribution in [2.75, 3.05) is 13.7 Å². The molecule has 1 N–H and O–H groups in total. The molecule has 0 saturated heterocycles. The lowest BCUT2D eigenvalue weighted by atomic mass is 9.97. The molecule has 0 aliphatic heterocycles. The Balaban J connectivity index is 2.51. The molecule has 3 nitrogen and oxygen atoms in total. The molecule has 2 rings (SSSR count). The Kier molecular flexibility index (Phi) is 10.5. The molecule has 34 heavy (non-hydrogen) atoms. The molecule has 2 aromatic rings. The van der Waals surface area contributed by atoms with Gasteiger partial charge in [-0.25, -0.2) is 4.39 Å². The Morgan fingerprint density at radius 2 is 1.85 bits per heavy atom. The van der Waals surface area contributed by atoms with Gasteiger partial charge in [0.25, 0.3) is 0 Å². The summed E-state index contributed by atoms with van der Waals surface area (Å²) in [6, 6.07) is 9.19. The van der Waals surface area contributed by atoms with Gasteiger partial charge >= 0.3 is 0 Å². The van der Waals surface area contributed by atoms with Gasteiger partial charge < -0.3 is 10.1 Å². The molecule has 0 saturated carbocycles. The fraction of sp³-hybridized carbons (Fsp3) is 0.300. The van der Waals surface area contributed by atoms with E-state index >= 15 is 0 Å². The fourth-order valence-electron chi connectivity index (χ4n) is 3.47. The zero-order valence-corrected chi connectivity index (χ0v) is 21.3. The lowest BCUT2D eigenvalue weighted by Crippen LogP contribution is -2.21. The maximum atomic E-state index is 13.9. The second-order valence-corrected chi connectivity index (χ2v) is 8.28. The zero-order valence-electron chi connectivity index (χ0n) is 21.3. The highest BCUT2D eigenvalue weighted by Crippen LogP contribution is 2.31. The Labute approximate surface area is 204 Å². The Hall–Kier alpha value is -3.40. The predicted molar refractivity (Wildman–Crippen MR) is 144 cm³/mol. The number of ether oxygens (including phenoxy) is 1. The van der Waals surface area contributed by atoms with Crippen LogP contribution in [0.5, 0.6) is 5.75 Å². The minimum Gasteiger partial charge on any atom is -0.496 e. The summed E-state index contributed by atoms with van der Waals surface area (Å²) in [6.07, 6.45) is 12.1. The number of amidine groups is 1. The lowest BCUT2D eigenvalue weighted by molar-refractivity contribution is 0.412. The number of nitrogens with zero attached hydrogens (tertiary/aromatic N) is 1. The van der Waals surface area contributed by atoms with Gasteiger partial charge in [-0.3, -0.25) is 4.99 Å². The van der Waals surface area contributed by atoms with Crippen LogP contribution in [0.25, 0.3) is 11.1 Å². The number of benzene rings is 2. The molecule has 4 heteroatoms. The molecule has 2 aromatic carbocycles. The number of nitrogens with one attached hydrogen (secondary N) is 1. The fourth-order valence-corrected chi connectivity index (χ4v) is 3.47. The summed E-state index contributed by atoms with van der Waals surface area (Å²) >= 11 is 0. The van der Waals surface area contributed by atoms with Gasteiger partial charge in [-0.15, -0.1) is 0 Å². The van der Waals surface area contributed by atoms with Crippen molar-refractivity contribution in [3.63, 3.8) is 0 Å². The van der Waals surface area contributed by atoms with Crippen LogP contribution in [0.3, 0.4) is 0 Å². The summed E-state index contributed by atoms with van der Waals surface area (Å²) in [5, 5.41) is 3.35. The van der Waals surface area contributed by atoms with Crippen LogP contribution in [0.15, 0.2) is 83.6 Å². The van der Waals surface area contributed by atoms with Crippen LogP contribution in [0.4, 0.5) is 4.39 Å². The molecular weight excluding hydrogens is 423 g/mol. The van der Waals surface area contributed by atoms with Gasteiger partial charge in [-0.2, -0.15) is 0 Å². The summed E-state index contributed by atoms with van der Waals surface area (Å²) in [4.78, 5) is 4.86. The molecule has 0 aliphatic carbocycles. The maximum Gasteiger partial charge on any atom is 0.133 e. The first-order chi connectivity index (χ1) is 16.3. The van der Waals surface area contributed by atoms with E-state index in [1.807, 2.05) is 37.4 Å². The molecule has 0 radical (unpaired) electrons. The smallest absolute Gasteiger partial charge is 0.133 e. The summed E-state index contributed by atoms with van der Waals surface area (Å²) in [5.74, 6) is 1.27. The molecule has 0 heterocycles. The number of aryl methyl sites for hydroxylation is 1. The Bertz CT molecular complexity index is 1120. The number of hydrogen-bond acceptors (Lipinski definition) is 2. The van der Waals surface area contributed by atoms with Crippen molar-refractivity contribution in [3.05, 3.63) is 101 Å². The molecule has 0 atom stereocenters. The second kappa shape index (κ2) is 13.3. The predicted octanol–water partition coefficient (Wildman–Crippen LogP) is 7.85. The lowest BCUT2D eigenvalue weighted by Gasteiger charge is -2.16. The molecule has 0 fully saturated rings. The van der Waals surface area contributed by atoms with Crippen LogP contribution in [0, 0.1) is 19.7 Å². The van der Waals surface area contributed by atoms with Crippen LogP contribution in [0.1, 0.15) is 50.3 Å². The molecule has 0 aromatic heterocycles. The quantitative estimate of drug-likeness (QED) is 0.222. The number of hydrogen-bond donors (Lipinski definition) is 1. The minimum atomic E-state index is -0.216. The molecule has 180 valence electrons. The van der Waals surface area contributed by atoms with E-state index < -0.39 is 0 Å². The van der Waals surface area contributed by atoms with Gasteiger partial charge in [0.15, 0.2) is 0 Å². The average Bonchev–Trinajstić information content (AvgIpc) is 2.82. The van der Waals surface area contributed by atoms with E-state index in [2.05, 4.69) is 50.9 Å². The summed E-state index contributed by atoms with van der Waals surface area (Å²) in [6.45, 7) is 14.7. The first kappa shape index (κ1) is 26.8. The van der Waals surface area contributed by atoms with Gasteiger partial charge in [0, 0.05) is 11.1 Å². The van der Waals surface area contributed by atoms with Crippen molar-refractivity contribution in [1.82, 2.24) is 5.32 Å². The third-order valence-electron chi connectivity index (χ3n) is 5.45. The highest BCUT2D eigenvalue weighted by molar-refractivity contribution is 6.02. The molecule has 0 amide bonds. The van der Waals surface area contributed by atoms with E-state index in [4.69, 9.17) is 9.73 Å². The third kappa shape index (κ3) is 7.58. The Morgan fingerprint density at radius 1 is 1.09 bits per heavy atom. The van der Waals surface area contributed by atoms with Gasteiger partial charge in [0.1, 0.15) is 17.4 Å². The van der Waals surface area contributed by atoms with Gasteiger partial charge in [-0.05, 0) is 86.3 Å². The van der Waals surface area contributed by atoms with Crippen molar-refractivity contribution >= 4 is 5.84 Å². The number of methoxy groups -OCH3 is 1. The van der Waals surface area contributed by atoms with E-state index in [1.165, 1.54) is 11.6 Å². The van der Waals surface area contributed by atoms with Crippen LogP contribution >= 0.6 is 0 Å². The standard InChI is InChI=1S/C30H37FN2O/c1-8-10-16-32-30(33-20-22(4)13-12-21(3)11-9-2)27-18-26(19-29(34-7)24(27)6)25-14-15-28(31)23(5)17-25/h10-19H,4,8-9,20H2,1-3,5-7H3,(H,32,33)/b13-12-,16-10+,21-11+. The number of rotatable bonds is 10. The number of halogens is 1. The van der Waals surface area contributed by atoms with E-state index in [0.29, 0.717) is 12.1 Å². The zero-order chi connectivity index (χ0) is 25.1. The minimum absolute atomic E-state index is 0.216. The molecule has 0 aliphatic rings. The summed E-state index contributed by atoms with van der Waals surface area (Å²) in [5.41, 5.74) is 6.49. The van der Waals surface area contributed by atoms with Gasteiger partial charge in [-0.1, -0.05) is 56.4 Å². The van der Waals surface area contributed by atoms with Gasteiger partial charge in [0.05, 0.1) is 13.7 Å². The van der Waals surface area contributed by atoms with Crippen LogP contribution in [-0.2, 0) is 0 Å². The topological polar surface area (TPSA) is 33.6 Å². The van der Waals surface area contributed by atoms with Crippen LogP contribution < -0.4 is 10.1 Å². The SMILES string of the molecule is C=C(/C=C\C(C)=C\CC)CN=C(N/C=C/CC)c1cc(-c2ccc(F)c(C)c2)cc(OC)c1C. The largest absolute Gasteiger partial charge is 0.496 e. The molecular formula is C30H37FN2O. The first-order valence-electron chi connectivity index (χ1n) is 11.7. The highest BCUT2D eigenvalue weighted by Gasteiger charge is 2.14. The third-order valence-corrected chi connectivity index (χ3v) is 5.45. The van der Waals surface area contributed by atoms with E-state index in [0.717, 1.165) is 52.3 Å². The summed E-state index contributed by atoms with van der Waals surface area (Å²) < 4.78 is 19.5. The van der Waals surface area contributed by atoms with Crippen molar-refractivity contribution in [2.45, 2.75) is 47.5 Å². The first-order valence-corrected chi connectivity index (χ1v) is 11.7. The van der Waals surface area contributed by atoms with Crippen molar-refractivity contribution in [3.8, 4) is 16.9 Å². The van der Waals surface area contributed by atoms with Gasteiger partial charge in [0.2, 0.25) is 0 Å². The Morgan fingerprint density at radius 3 is 2.50 bits per heavy atom. The second-order valence-electron chi connectivity index (χ2n) is 8.28. The van der Waals surface area contributed by atoms with Crippen LogP contribution in [0.2, 0.25) is 0 Å². The monoisotopic (exact) mass is 460 g/mol. The van der Waals surface area contributed by atoms with E-state index in [-0.39, 0.29) is 5.82 Å². The highest BCUT2D eigenvalue weighted by atomic mass is 19.1. The molecule has 0 unspecified atom stereocenters. The van der Waals surface area contributed by atoms with E-state index in [9.17, 15) is 4.39 Å². The van der Waals surface area contributed by atoms with Crippen molar-refractivity contribution in [1.29, 1.82) is 0 Å². The molecule has 0 bridgehead atoms. The van der Waals surface area contributed by atoms with Crippen molar-refractivity contribution in [2.24, 2.45) is 4.99 Å². The summed E-state index contributed by atoms with van der Waals surface area (Å²) in [7, 11) is 1.66. The normalized spacial score (nSPS) is 12.6.